The van der Waals surface area contributed by atoms with Gasteiger partial charge in [-0.15, -0.1) is 0 Å². The van der Waals surface area contributed by atoms with Gasteiger partial charge in [0, 0.05) is 12.7 Å². The molecule has 4 heteroatoms. The Hall–Kier alpha value is -0.870. The minimum Gasteiger partial charge on any atom is -0.394 e. The molecule has 0 aliphatic heterocycles. The topological polar surface area (TPSA) is 55.5 Å². The molecule has 1 aromatic heterocycles. The van der Waals surface area contributed by atoms with Gasteiger partial charge in [0.05, 0.1) is 18.9 Å². The normalized spacial score (nSPS) is 10.4. The predicted molar refractivity (Wildman–Crippen MR) is 42.7 cm³/mol. The number of ether oxygens (including phenoxy) is 1. The molecule has 0 unspecified atom stereocenters. The second kappa shape index (κ2) is 5.74. The van der Waals surface area contributed by atoms with E-state index in [2.05, 4.69) is 9.68 Å². The van der Waals surface area contributed by atoms with Gasteiger partial charge in [-0.25, -0.2) is 0 Å². The molecule has 1 aromatic rings. The average molecular weight is 171 g/mol. The summed E-state index contributed by atoms with van der Waals surface area (Å²) in [6, 6.07) is 1.84. The highest BCUT2D eigenvalue weighted by Crippen LogP contribution is 1.98. The number of hydrogen-bond donors (Lipinski definition) is 1. The van der Waals surface area contributed by atoms with Crippen LogP contribution in [-0.2, 0) is 11.2 Å². The molecule has 1 N–H and O–H groups in total. The van der Waals surface area contributed by atoms with E-state index < -0.39 is 0 Å². The first kappa shape index (κ1) is 9.22. The van der Waals surface area contributed by atoms with E-state index in [-0.39, 0.29) is 6.61 Å². The van der Waals surface area contributed by atoms with Crippen molar-refractivity contribution in [2.45, 2.75) is 12.8 Å². The first-order valence-electron chi connectivity index (χ1n) is 4.01. The predicted octanol–water partition coefficient (Wildman–Crippen LogP) is 0.616. The van der Waals surface area contributed by atoms with Crippen molar-refractivity contribution in [3.63, 3.8) is 0 Å². The van der Waals surface area contributed by atoms with E-state index in [0.717, 1.165) is 18.5 Å². The second-order valence-electron chi connectivity index (χ2n) is 2.43. The minimum absolute atomic E-state index is 0.0873. The summed E-state index contributed by atoms with van der Waals surface area (Å²) in [6.07, 6.45) is 3.33. The summed E-state index contributed by atoms with van der Waals surface area (Å²) >= 11 is 0. The van der Waals surface area contributed by atoms with Crippen molar-refractivity contribution in [3.05, 3.63) is 18.0 Å². The third-order valence-electron chi connectivity index (χ3n) is 1.45. The van der Waals surface area contributed by atoms with E-state index in [1.54, 1.807) is 6.26 Å². The van der Waals surface area contributed by atoms with Crippen molar-refractivity contribution in [1.29, 1.82) is 0 Å². The molecule has 0 saturated heterocycles. The van der Waals surface area contributed by atoms with Crippen LogP contribution in [0.1, 0.15) is 12.1 Å². The molecule has 0 radical (unpaired) electrons. The summed E-state index contributed by atoms with van der Waals surface area (Å²) in [5.41, 5.74) is 0.947. The quantitative estimate of drug-likeness (QED) is 0.637. The van der Waals surface area contributed by atoms with Gasteiger partial charge in [-0.1, -0.05) is 5.16 Å². The van der Waals surface area contributed by atoms with Gasteiger partial charge >= 0.3 is 0 Å². The molecule has 0 bridgehead atoms. The minimum atomic E-state index is 0.0873. The van der Waals surface area contributed by atoms with Gasteiger partial charge in [0.2, 0.25) is 0 Å². The van der Waals surface area contributed by atoms with Crippen LogP contribution in [0, 0.1) is 0 Å². The summed E-state index contributed by atoms with van der Waals surface area (Å²) < 4.78 is 9.73. The molecular formula is C8H13NO3. The SMILES string of the molecule is OCCOCCCc1ccon1. The Balaban J connectivity index is 1.96. The second-order valence-corrected chi connectivity index (χ2v) is 2.43. The van der Waals surface area contributed by atoms with Crippen molar-refractivity contribution < 1.29 is 14.4 Å². The summed E-state index contributed by atoms with van der Waals surface area (Å²) in [5.74, 6) is 0. The van der Waals surface area contributed by atoms with Gasteiger partial charge in [0.1, 0.15) is 6.26 Å². The third kappa shape index (κ3) is 3.50. The highest BCUT2D eigenvalue weighted by atomic mass is 16.5. The maximum atomic E-state index is 8.40. The first-order chi connectivity index (χ1) is 5.93. The van der Waals surface area contributed by atoms with E-state index in [4.69, 9.17) is 9.84 Å². The van der Waals surface area contributed by atoms with Crippen LogP contribution in [0.3, 0.4) is 0 Å². The highest BCUT2D eigenvalue weighted by molar-refractivity contribution is 4.94. The van der Waals surface area contributed by atoms with Gasteiger partial charge in [-0.3, -0.25) is 0 Å². The molecule has 0 aromatic carbocycles. The zero-order valence-electron chi connectivity index (χ0n) is 6.90. The van der Waals surface area contributed by atoms with E-state index in [9.17, 15) is 0 Å². The Labute approximate surface area is 71.1 Å². The lowest BCUT2D eigenvalue weighted by Crippen LogP contribution is -2.01. The molecule has 0 amide bonds. The standard InChI is InChI=1S/C8H13NO3/c10-4-7-11-5-1-2-8-3-6-12-9-8/h3,6,10H,1-2,4-5,7H2. The summed E-state index contributed by atoms with van der Waals surface area (Å²) in [6.45, 7) is 1.16. The molecule has 68 valence electrons. The number of nitrogens with zero attached hydrogens (tertiary/aromatic N) is 1. The average Bonchev–Trinajstić information content (AvgIpc) is 2.57. The van der Waals surface area contributed by atoms with Crippen molar-refractivity contribution >= 4 is 0 Å². The van der Waals surface area contributed by atoms with Gasteiger partial charge in [0.15, 0.2) is 0 Å². The molecule has 1 heterocycles. The largest absolute Gasteiger partial charge is 0.394 e. The number of aliphatic hydroxyl groups excluding tert-OH is 1. The fourth-order valence-corrected chi connectivity index (χ4v) is 0.888. The number of aromatic nitrogens is 1. The van der Waals surface area contributed by atoms with Gasteiger partial charge in [-0.2, -0.15) is 0 Å². The summed E-state index contributed by atoms with van der Waals surface area (Å²) in [7, 11) is 0. The highest BCUT2D eigenvalue weighted by Gasteiger charge is 1.95. The molecule has 0 spiro atoms. The molecule has 0 aliphatic rings. The van der Waals surface area contributed by atoms with Crippen LogP contribution in [0.2, 0.25) is 0 Å². The van der Waals surface area contributed by atoms with Crippen LogP contribution < -0.4 is 0 Å². The zero-order valence-corrected chi connectivity index (χ0v) is 6.90. The molecule has 12 heavy (non-hydrogen) atoms. The van der Waals surface area contributed by atoms with Crippen LogP contribution in [0.4, 0.5) is 0 Å². The first-order valence-corrected chi connectivity index (χ1v) is 4.01. The number of hydrogen-bond acceptors (Lipinski definition) is 4. The van der Waals surface area contributed by atoms with Gasteiger partial charge < -0.3 is 14.4 Å². The lowest BCUT2D eigenvalue weighted by atomic mass is 10.2. The Morgan fingerprint density at radius 2 is 2.42 bits per heavy atom. The lowest BCUT2D eigenvalue weighted by molar-refractivity contribution is 0.0907. The smallest absolute Gasteiger partial charge is 0.124 e. The Morgan fingerprint density at radius 3 is 3.08 bits per heavy atom. The molecule has 4 nitrogen and oxygen atoms in total. The van der Waals surface area contributed by atoms with Crippen molar-refractivity contribution in [1.82, 2.24) is 5.16 Å². The van der Waals surface area contributed by atoms with Crippen molar-refractivity contribution in [3.8, 4) is 0 Å². The van der Waals surface area contributed by atoms with Crippen LogP contribution >= 0.6 is 0 Å². The summed E-state index contributed by atoms with van der Waals surface area (Å²) in [4.78, 5) is 0. The molecular weight excluding hydrogens is 158 g/mol. The number of rotatable bonds is 6. The monoisotopic (exact) mass is 171 g/mol. The molecule has 1 rings (SSSR count). The molecule has 0 atom stereocenters. The Morgan fingerprint density at radius 1 is 1.50 bits per heavy atom. The van der Waals surface area contributed by atoms with E-state index >= 15 is 0 Å². The van der Waals surface area contributed by atoms with Crippen LogP contribution in [-0.4, -0.2) is 30.1 Å². The fourth-order valence-electron chi connectivity index (χ4n) is 0.888. The van der Waals surface area contributed by atoms with Crippen molar-refractivity contribution in [2.24, 2.45) is 0 Å². The van der Waals surface area contributed by atoms with E-state index in [1.165, 1.54) is 0 Å². The van der Waals surface area contributed by atoms with Crippen molar-refractivity contribution in [2.75, 3.05) is 19.8 Å². The number of aliphatic hydroxyl groups is 1. The molecule has 0 aliphatic carbocycles. The van der Waals surface area contributed by atoms with Crippen LogP contribution in [0.5, 0.6) is 0 Å². The van der Waals surface area contributed by atoms with Crippen LogP contribution in [0.15, 0.2) is 16.9 Å². The fraction of sp³-hybridized carbons (Fsp3) is 0.625. The van der Waals surface area contributed by atoms with Crippen LogP contribution in [0.25, 0.3) is 0 Å². The Bertz CT molecular complexity index is 186. The maximum Gasteiger partial charge on any atom is 0.124 e. The molecule has 0 fully saturated rings. The Kier molecular flexibility index (Phi) is 4.41. The van der Waals surface area contributed by atoms with E-state index in [0.29, 0.717) is 13.2 Å². The molecule has 0 saturated carbocycles. The third-order valence-corrected chi connectivity index (χ3v) is 1.45. The van der Waals surface area contributed by atoms with Gasteiger partial charge in [0.25, 0.3) is 0 Å². The lowest BCUT2D eigenvalue weighted by Gasteiger charge is -1.99. The zero-order chi connectivity index (χ0) is 8.65. The maximum absolute atomic E-state index is 8.40. The van der Waals surface area contributed by atoms with E-state index in [1.807, 2.05) is 6.07 Å². The number of aryl methyl sites for hydroxylation is 1. The van der Waals surface area contributed by atoms with Gasteiger partial charge in [-0.05, 0) is 12.8 Å². The summed E-state index contributed by atoms with van der Waals surface area (Å²) in [5, 5.41) is 12.2.